The van der Waals surface area contributed by atoms with E-state index in [2.05, 4.69) is 20.4 Å². The van der Waals surface area contributed by atoms with E-state index in [1.54, 1.807) is 29.4 Å². The van der Waals surface area contributed by atoms with Gasteiger partial charge in [-0.1, -0.05) is 5.16 Å². The summed E-state index contributed by atoms with van der Waals surface area (Å²) in [4.78, 5) is 46.6. The first-order valence-corrected chi connectivity index (χ1v) is 8.70. The molecule has 140 valence electrons. The van der Waals surface area contributed by atoms with Crippen molar-refractivity contribution in [2.24, 2.45) is 0 Å². The van der Waals surface area contributed by atoms with Crippen molar-refractivity contribution in [3.8, 4) is 11.4 Å². The van der Waals surface area contributed by atoms with Gasteiger partial charge in [0.2, 0.25) is 23.5 Å². The zero-order valence-electron chi connectivity index (χ0n) is 14.5. The molecule has 0 atom stereocenters. The first-order valence-electron chi connectivity index (χ1n) is 8.70. The van der Waals surface area contributed by atoms with Crippen LogP contribution in [0.1, 0.15) is 24.7 Å². The summed E-state index contributed by atoms with van der Waals surface area (Å²) >= 11 is 0. The Morgan fingerprint density at radius 1 is 1.26 bits per heavy atom. The molecule has 10 heteroatoms. The quantitative estimate of drug-likeness (QED) is 0.808. The third kappa shape index (κ3) is 3.64. The van der Waals surface area contributed by atoms with Crippen LogP contribution in [0.25, 0.3) is 11.4 Å². The standard InChI is InChI=1S/C17H18N6O4/c24-13-3-7-22(17(26)19-13)8-4-14(25)23-9-12(10-23)16-20-15(21-27-16)11-1-5-18-6-2-11/h1-2,5-6,12H,3-4,7-10H2,(H,19,24,26). The predicted octanol–water partition coefficient (Wildman–Crippen LogP) is 0.389. The Bertz CT molecular complexity index is 861. The normalized spacial score (nSPS) is 17.6. The lowest BCUT2D eigenvalue weighted by molar-refractivity contribution is -0.136. The number of carbonyl (C=O) groups is 3. The minimum atomic E-state index is -0.435. The van der Waals surface area contributed by atoms with Crippen LogP contribution in [-0.4, -0.2) is 68.9 Å². The first kappa shape index (κ1) is 17.1. The molecule has 2 saturated heterocycles. The zero-order valence-corrected chi connectivity index (χ0v) is 14.5. The van der Waals surface area contributed by atoms with Gasteiger partial charge in [0, 0.05) is 57.0 Å². The van der Waals surface area contributed by atoms with Gasteiger partial charge in [-0.25, -0.2) is 4.79 Å². The van der Waals surface area contributed by atoms with Gasteiger partial charge in [0.1, 0.15) is 0 Å². The Balaban J connectivity index is 1.26. The maximum absolute atomic E-state index is 12.3. The van der Waals surface area contributed by atoms with Crippen LogP contribution in [0.5, 0.6) is 0 Å². The number of likely N-dealkylation sites (tertiary alicyclic amines) is 1. The Kier molecular flexibility index (Phi) is 4.53. The van der Waals surface area contributed by atoms with Gasteiger partial charge in [0.05, 0.1) is 5.92 Å². The summed E-state index contributed by atoms with van der Waals surface area (Å²) in [5, 5.41) is 6.22. The Labute approximate surface area is 154 Å². The molecule has 4 heterocycles. The van der Waals surface area contributed by atoms with Crippen LogP contribution >= 0.6 is 0 Å². The van der Waals surface area contributed by atoms with E-state index in [1.165, 1.54) is 4.90 Å². The van der Waals surface area contributed by atoms with Crippen LogP contribution in [0.2, 0.25) is 0 Å². The fraction of sp³-hybridized carbons (Fsp3) is 0.412. The number of hydrogen-bond acceptors (Lipinski definition) is 7. The van der Waals surface area contributed by atoms with Gasteiger partial charge < -0.3 is 14.3 Å². The number of carbonyl (C=O) groups excluding carboxylic acids is 3. The van der Waals surface area contributed by atoms with Crippen LogP contribution < -0.4 is 5.32 Å². The minimum absolute atomic E-state index is 0.0212. The summed E-state index contributed by atoms with van der Waals surface area (Å²) in [7, 11) is 0. The summed E-state index contributed by atoms with van der Waals surface area (Å²) in [5.74, 6) is 0.722. The second-order valence-electron chi connectivity index (χ2n) is 6.53. The van der Waals surface area contributed by atoms with Crippen LogP contribution in [0.4, 0.5) is 4.79 Å². The fourth-order valence-electron chi connectivity index (χ4n) is 3.06. The van der Waals surface area contributed by atoms with Crippen molar-refractivity contribution in [3.05, 3.63) is 30.4 Å². The zero-order chi connectivity index (χ0) is 18.8. The molecule has 4 rings (SSSR count). The number of amides is 4. The van der Waals surface area contributed by atoms with Crippen molar-refractivity contribution in [1.82, 2.24) is 30.2 Å². The highest BCUT2D eigenvalue weighted by Crippen LogP contribution is 2.28. The third-order valence-corrected chi connectivity index (χ3v) is 4.70. The predicted molar refractivity (Wildman–Crippen MR) is 91.2 cm³/mol. The maximum Gasteiger partial charge on any atom is 0.324 e. The molecule has 0 saturated carbocycles. The van der Waals surface area contributed by atoms with Crippen LogP contribution in [-0.2, 0) is 9.59 Å². The van der Waals surface area contributed by atoms with Crippen molar-refractivity contribution in [1.29, 1.82) is 0 Å². The molecule has 2 aromatic heterocycles. The van der Waals surface area contributed by atoms with Gasteiger partial charge in [-0.15, -0.1) is 0 Å². The molecule has 2 fully saturated rings. The monoisotopic (exact) mass is 370 g/mol. The maximum atomic E-state index is 12.3. The fourth-order valence-corrected chi connectivity index (χ4v) is 3.06. The largest absolute Gasteiger partial charge is 0.341 e. The van der Waals surface area contributed by atoms with E-state index in [0.717, 1.165) is 5.56 Å². The summed E-state index contributed by atoms with van der Waals surface area (Å²) in [6, 6.07) is 3.17. The average molecular weight is 370 g/mol. The Morgan fingerprint density at radius 3 is 2.78 bits per heavy atom. The number of urea groups is 1. The Morgan fingerprint density at radius 2 is 2.04 bits per heavy atom. The van der Waals surface area contributed by atoms with Crippen molar-refractivity contribution >= 4 is 17.8 Å². The highest BCUT2D eigenvalue weighted by atomic mass is 16.5. The summed E-state index contributed by atoms with van der Waals surface area (Å²) < 4.78 is 5.32. The van der Waals surface area contributed by atoms with E-state index in [4.69, 9.17) is 4.52 Å². The molecule has 0 spiro atoms. The Hall–Kier alpha value is -3.30. The van der Waals surface area contributed by atoms with E-state index in [1.807, 2.05) is 0 Å². The van der Waals surface area contributed by atoms with Crippen molar-refractivity contribution in [2.75, 3.05) is 26.2 Å². The van der Waals surface area contributed by atoms with E-state index in [0.29, 0.717) is 37.9 Å². The lowest BCUT2D eigenvalue weighted by Crippen LogP contribution is -2.52. The molecule has 2 aromatic rings. The van der Waals surface area contributed by atoms with Gasteiger partial charge in [-0.2, -0.15) is 4.98 Å². The molecule has 0 aromatic carbocycles. The van der Waals surface area contributed by atoms with Gasteiger partial charge in [-0.05, 0) is 12.1 Å². The molecule has 0 bridgehead atoms. The lowest BCUT2D eigenvalue weighted by Gasteiger charge is -2.37. The second kappa shape index (κ2) is 7.14. The molecule has 27 heavy (non-hydrogen) atoms. The van der Waals surface area contributed by atoms with Gasteiger partial charge in [0.15, 0.2) is 0 Å². The van der Waals surface area contributed by atoms with Gasteiger partial charge in [-0.3, -0.25) is 19.9 Å². The molecular formula is C17H18N6O4. The molecule has 0 unspecified atom stereocenters. The molecule has 1 N–H and O–H groups in total. The third-order valence-electron chi connectivity index (χ3n) is 4.70. The van der Waals surface area contributed by atoms with E-state index >= 15 is 0 Å². The number of hydrogen-bond donors (Lipinski definition) is 1. The van der Waals surface area contributed by atoms with Crippen molar-refractivity contribution in [3.63, 3.8) is 0 Å². The minimum Gasteiger partial charge on any atom is -0.341 e. The molecule has 10 nitrogen and oxygen atoms in total. The molecule has 2 aliphatic heterocycles. The highest BCUT2D eigenvalue weighted by molar-refractivity contribution is 5.96. The topological polar surface area (TPSA) is 122 Å². The molecule has 2 aliphatic rings. The first-order chi connectivity index (χ1) is 13.1. The van der Waals surface area contributed by atoms with Crippen molar-refractivity contribution in [2.45, 2.75) is 18.8 Å². The highest BCUT2D eigenvalue weighted by Gasteiger charge is 2.36. The summed E-state index contributed by atoms with van der Waals surface area (Å²) in [5.41, 5.74) is 0.825. The van der Waals surface area contributed by atoms with E-state index in [-0.39, 0.29) is 30.6 Å². The second-order valence-corrected chi connectivity index (χ2v) is 6.53. The van der Waals surface area contributed by atoms with Crippen LogP contribution in [0.15, 0.2) is 29.0 Å². The summed E-state index contributed by atoms with van der Waals surface area (Å²) in [6.07, 6.45) is 3.81. The lowest BCUT2D eigenvalue weighted by atomic mass is 9.99. The van der Waals surface area contributed by atoms with Gasteiger partial charge in [0.25, 0.3) is 0 Å². The van der Waals surface area contributed by atoms with Gasteiger partial charge >= 0.3 is 6.03 Å². The SMILES string of the molecule is O=C1CCN(CCC(=O)N2CC(c3nc(-c4ccncc4)no3)C2)C(=O)N1. The van der Waals surface area contributed by atoms with E-state index in [9.17, 15) is 14.4 Å². The van der Waals surface area contributed by atoms with Crippen molar-refractivity contribution < 1.29 is 18.9 Å². The number of pyridine rings is 1. The number of rotatable bonds is 5. The average Bonchev–Trinajstić information content (AvgIpc) is 3.10. The number of imide groups is 1. The van der Waals surface area contributed by atoms with E-state index < -0.39 is 6.03 Å². The van der Waals surface area contributed by atoms with Crippen LogP contribution in [0.3, 0.4) is 0 Å². The molecule has 4 amide bonds. The van der Waals surface area contributed by atoms with Crippen LogP contribution in [0, 0.1) is 0 Å². The molecule has 0 radical (unpaired) electrons. The molecule has 0 aliphatic carbocycles. The molecular weight excluding hydrogens is 352 g/mol. The summed E-state index contributed by atoms with van der Waals surface area (Å²) in [6.45, 7) is 1.68. The number of nitrogens with one attached hydrogen (secondary N) is 1. The smallest absolute Gasteiger partial charge is 0.324 e. The number of nitrogens with zero attached hydrogens (tertiary/aromatic N) is 5. The number of aromatic nitrogens is 3.